The molecule has 10 heteroatoms. The van der Waals surface area contributed by atoms with E-state index < -0.39 is 10.0 Å². The maximum absolute atomic E-state index is 12.7. The Morgan fingerprint density at radius 1 is 1.10 bits per heavy atom. The van der Waals surface area contributed by atoms with Crippen molar-refractivity contribution < 1.29 is 22.7 Å². The third-order valence-electron chi connectivity index (χ3n) is 5.46. The molecule has 0 aromatic heterocycles. The van der Waals surface area contributed by atoms with Crippen LogP contribution in [0.2, 0.25) is 5.02 Å². The molecule has 0 radical (unpaired) electrons. The van der Waals surface area contributed by atoms with E-state index in [1.165, 1.54) is 22.5 Å². The van der Waals surface area contributed by atoms with Crippen LogP contribution in [-0.4, -0.2) is 62.2 Å². The van der Waals surface area contributed by atoms with Crippen LogP contribution in [0.15, 0.2) is 23.1 Å². The van der Waals surface area contributed by atoms with Crippen LogP contribution in [0.1, 0.15) is 32.1 Å². The van der Waals surface area contributed by atoms with E-state index in [9.17, 15) is 18.0 Å². The first kappa shape index (κ1) is 21.9. The molecule has 29 heavy (non-hydrogen) atoms. The molecule has 3 rings (SSSR count). The van der Waals surface area contributed by atoms with E-state index in [1.807, 2.05) is 0 Å². The number of piperidine rings is 2. The SMILES string of the molecule is NC(=O)C1CCN(C(=O)COc2ccc(S(=O)(=O)N3CCCCC3)cc2Cl)CC1. The van der Waals surface area contributed by atoms with Gasteiger partial charge in [0.2, 0.25) is 15.9 Å². The molecule has 2 amide bonds. The van der Waals surface area contributed by atoms with E-state index in [0.717, 1.165) is 19.3 Å². The molecule has 8 nitrogen and oxygen atoms in total. The molecule has 2 aliphatic heterocycles. The first-order chi connectivity index (χ1) is 13.8. The molecule has 2 aliphatic rings. The lowest BCUT2D eigenvalue weighted by Gasteiger charge is -2.30. The smallest absolute Gasteiger partial charge is 0.260 e. The maximum Gasteiger partial charge on any atom is 0.260 e. The number of ether oxygens (including phenoxy) is 1. The lowest BCUT2D eigenvalue weighted by Crippen LogP contribution is -2.43. The summed E-state index contributed by atoms with van der Waals surface area (Å²) in [6.45, 7) is 1.73. The molecule has 0 saturated carbocycles. The molecule has 2 N–H and O–H groups in total. The van der Waals surface area contributed by atoms with Gasteiger partial charge in [-0.1, -0.05) is 18.0 Å². The summed E-state index contributed by atoms with van der Waals surface area (Å²) in [6, 6.07) is 4.30. The van der Waals surface area contributed by atoms with Gasteiger partial charge in [0, 0.05) is 32.1 Å². The lowest BCUT2D eigenvalue weighted by atomic mass is 9.96. The summed E-state index contributed by atoms with van der Waals surface area (Å²) in [7, 11) is -3.58. The van der Waals surface area contributed by atoms with Crippen LogP contribution in [0, 0.1) is 5.92 Å². The summed E-state index contributed by atoms with van der Waals surface area (Å²) in [5.41, 5.74) is 5.30. The molecule has 0 unspecified atom stereocenters. The first-order valence-electron chi connectivity index (χ1n) is 9.78. The summed E-state index contributed by atoms with van der Waals surface area (Å²) in [5.74, 6) is -0.484. The number of amides is 2. The summed E-state index contributed by atoms with van der Waals surface area (Å²) >= 11 is 6.21. The number of primary amides is 1. The fourth-order valence-corrected chi connectivity index (χ4v) is 5.50. The second-order valence-electron chi connectivity index (χ2n) is 7.40. The Labute approximate surface area is 176 Å². The summed E-state index contributed by atoms with van der Waals surface area (Å²) in [4.78, 5) is 25.3. The second-order valence-corrected chi connectivity index (χ2v) is 9.75. The van der Waals surface area contributed by atoms with Crippen molar-refractivity contribution in [2.45, 2.75) is 37.0 Å². The monoisotopic (exact) mass is 443 g/mol. The van der Waals surface area contributed by atoms with E-state index in [2.05, 4.69) is 0 Å². The quantitative estimate of drug-likeness (QED) is 0.718. The van der Waals surface area contributed by atoms with Crippen molar-refractivity contribution in [3.63, 3.8) is 0 Å². The zero-order valence-electron chi connectivity index (χ0n) is 16.2. The number of nitrogens with two attached hydrogens (primary N) is 1. The van der Waals surface area contributed by atoms with Crippen molar-refractivity contribution in [2.24, 2.45) is 11.7 Å². The second kappa shape index (κ2) is 9.32. The Morgan fingerprint density at radius 2 is 1.76 bits per heavy atom. The van der Waals surface area contributed by atoms with Crippen LogP contribution in [0.5, 0.6) is 5.75 Å². The number of carbonyl (C=O) groups is 2. The number of hydrogen-bond acceptors (Lipinski definition) is 5. The van der Waals surface area contributed by atoms with E-state index in [-0.39, 0.29) is 40.0 Å². The average molecular weight is 444 g/mol. The first-order valence-corrected chi connectivity index (χ1v) is 11.6. The number of halogens is 1. The molecule has 2 fully saturated rings. The highest BCUT2D eigenvalue weighted by Gasteiger charge is 2.28. The van der Waals surface area contributed by atoms with Crippen molar-refractivity contribution >= 4 is 33.4 Å². The predicted molar refractivity (Wildman–Crippen MR) is 108 cm³/mol. The average Bonchev–Trinajstić information content (AvgIpc) is 2.73. The zero-order chi connectivity index (χ0) is 21.0. The molecule has 0 aliphatic carbocycles. The molecule has 2 saturated heterocycles. The fraction of sp³-hybridized carbons (Fsp3) is 0.579. The minimum atomic E-state index is -3.58. The summed E-state index contributed by atoms with van der Waals surface area (Å²) < 4.78 is 32.5. The van der Waals surface area contributed by atoms with Crippen LogP contribution in [0.3, 0.4) is 0 Å². The number of hydrogen-bond donors (Lipinski definition) is 1. The number of nitrogens with zero attached hydrogens (tertiary/aromatic N) is 2. The van der Waals surface area contributed by atoms with Crippen molar-refractivity contribution in [3.05, 3.63) is 23.2 Å². The van der Waals surface area contributed by atoms with Gasteiger partial charge in [0.1, 0.15) is 5.75 Å². The molecule has 0 atom stereocenters. The molecule has 0 spiro atoms. The zero-order valence-corrected chi connectivity index (χ0v) is 17.8. The fourth-order valence-electron chi connectivity index (χ4n) is 3.66. The third kappa shape index (κ3) is 5.21. The highest BCUT2D eigenvalue weighted by Crippen LogP contribution is 2.30. The topological polar surface area (TPSA) is 110 Å². The highest BCUT2D eigenvalue weighted by atomic mass is 35.5. The van der Waals surface area contributed by atoms with E-state index in [4.69, 9.17) is 22.1 Å². The van der Waals surface area contributed by atoms with Crippen molar-refractivity contribution in [2.75, 3.05) is 32.8 Å². The van der Waals surface area contributed by atoms with Gasteiger partial charge < -0.3 is 15.4 Å². The summed E-state index contributed by atoms with van der Waals surface area (Å²) in [6.07, 6.45) is 3.84. The Morgan fingerprint density at radius 3 is 2.34 bits per heavy atom. The highest BCUT2D eigenvalue weighted by molar-refractivity contribution is 7.89. The number of sulfonamides is 1. The maximum atomic E-state index is 12.7. The van der Waals surface area contributed by atoms with Crippen LogP contribution in [-0.2, 0) is 19.6 Å². The van der Waals surface area contributed by atoms with Gasteiger partial charge in [-0.05, 0) is 43.9 Å². The minimum Gasteiger partial charge on any atom is -0.482 e. The molecule has 160 valence electrons. The van der Waals surface area contributed by atoms with Crippen LogP contribution in [0.4, 0.5) is 0 Å². The standard InChI is InChI=1S/C19H26ClN3O5S/c20-16-12-15(29(26,27)23-8-2-1-3-9-23)4-5-17(16)28-13-18(24)22-10-6-14(7-11-22)19(21)25/h4-5,12,14H,1-3,6-11,13H2,(H2,21,25). The number of likely N-dealkylation sites (tertiary alicyclic amines) is 1. The van der Waals surface area contributed by atoms with Crippen LogP contribution < -0.4 is 10.5 Å². The summed E-state index contributed by atoms with van der Waals surface area (Å²) in [5, 5.41) is 0.142. The van der Waals surface area contributed by atoms with Gasteiger partial charge in [0.05, 0.1) is 9.92 Å². The number of rotatable bonds is 6. The largest absolute Gasteiger partial charge is 0.482 e. The van der Waals surface area contributed by atoms with Gasteiger partial charge in [-0.3, -0.25) is 9.59 Å². The van der Waals surface area contributed by atoms with Gasteiger partial charge in [-0.15, -0.1) is 0 Å². The predicted octanol–water partition coefficient (Wildman–Crippen LogP) is 1.62. The molecule has 2 heterocycles. The van der Waals surface area contributed by atoms with Gasteiger partial charge >= 0.3 is 0 Å². The third-order valence-corrected chi connectivity index (χ3v) is 7.65. The van der Waals surface area contributed by atoms with Gasteiger partial charge in [0.15, 0.2) is 6.61 Å². The van der Waals surface area contributed by atoms with Crippen molar-refractivity contribution in [1.82, 2.24) is 9.21 Å². The Hall–Kier alpha value is -1.84. The van der Waals surface area contributed by atoms with Gasteiger partial charge in [0.25, 0.3) is 5.91 Å². The van der Waals surface area contributed by atoms with Crippen molar-refractivity contribution in [3.8, 4) is 5.75 Å². The molecule has 1 aromatic carbocycles. The molecule has 1 aromatic rings. The van der Waals surface area contributed by atoms with Gasteiger partial charge in [-0.2, -0.15) is 4.31 Å². The molecule has 0 bridgehead atoms. The Kier molecular flexibility index (Phi) is 7.02. The minimum absolute atomic E-state index is 0.122. The number of carbonyl (C=O) groups excluding carboxylic acids is 2. The normalized spacial score (nSPS) is 19.1. The van der Waals surface area contributed by atoms with E-state index in [0.29, 0.717) is 39.0 Å². The van der Waals surface area contributed by atoms with Gasteiger partial charge in [-0.25, -0.2) is 8.42 Å². The van der Waals surface area contributed by atoms with E-state index >= 15 is 0 Å². The van der Waals surface area contributed by atoms with E-state index in [1.54, 1.807) is 4.90 Å². The Bertz CT molecular complexity index is 863. The van der Waals surface area contributed by atoms with Crippen molar-refractivity contribution in [1.29, 1.82) is 0 Å². The lowest BCUT2D eigenvalue weighted by molar-refractivity contribution is -0.136. The number of benzene rings is 1. The Balaban J connectivity index is 1.58. The molecular formula is C19H26ClN3O5S. The van der Waals surface area contributed by atoms with Crippen LogP contribution >= 0.6 is 11.6 Å². The molecular weight excluding hydrogens is 418 g/mol. The van der Waals surface area contributed by atoms with Crippen LogP contribution in [0.25, 0.3) is 0 Å².